The Labute approximate surface area is 250 Å². The van der Waals surface area contributed by atoms with E-state index in [1.165, 1.54) is 12.1 Å². The van der Waals surface area contributed by atoms with Gasteiger partial charge in [0.2, 0.25) is 0 Å². The first-order valence-corrected chi connectivity index (χ1v) is 14.3. The van der Waals surface area contributed by atoms with Crippen molar-refractivity contribution in [1.82, 2.24) is 9.55 Å². The van der Waals surface area contributed by atoms with Crippen molar-refractivity contribution in [1.29, 1.82) is 0 Å². The predicted molar refractivity (Wildman–Crippen MR) is 166 cm³/mol. The highest BCUT2D eigenvalue weighted by Crippen LogP contribution is 2.43. The molecule has 6 aromatic rings. The fraction of sp³-hybridized carbons (Fsp3) is 0.132. The summed E-state index contributed by atoms with van der Waals surface area (Å²) in [6.45, 7) is 3.87. The van der Waals surface area contributed by atoms with E-state index < -0.39 is 22.8 Å². The van der Waals surface area contributed by atoms with Gasteiger partial charge in [-0.2, -0.15) is 0 Å². The maximum absolute atomic E-state index is 14.7. The van der Waals surface area contributed by atoms with Crippen LogP contribution in [0.1, 0.15) is 41.8 Å². The van der Waals surface area contributed by atoms with E-state index in [0.29, 0.717) is 16.8 Å². The van der Waals surface area contributed by atoms with Gasteiger partial charge < -0.3 is 9.67 Å². The SMILES string of the molecule is CC(C)C(O)(c1cccc(-c2ccc(F)cc2F)c1)c1cn(C(c2ccccc2)(c2ccccc2)c2ccccc2)cn1. The Kier molecular flexibility index (Phi) is 7.51. The largest absolute Gasteiger partial charge is 0.378 e. The van der Waals surface area contributed by atoms with Crippen LogP contribution in [0, 0.1) is 17.6 Å². The van der Waals surface area contributed by atoms with E-state index in [4.69, 9.17) is 4.98 Å². The van der Waals surface area contributed by atoms with Gasteiger partial charge in [-0.1, -0.05) is 123 Å². The maximum Gasteiger partial charge on any atom is 0.135 e. The van der Waals surface area contributed by atoms with Gasteiger partial charge in [0.1, 0.15) is 22.8 Å². The Hall–Kier alpha value is -4.87. The number of benzene rings is 5. The molecule has 0 aliphatic rings. The van der Waals surface area contributed by atoms with Crippen LogP contribution < -0.4 is 0 Å². The Morgan fingerprint density at radius 2 is 1.19 bits per heavy atom. The molecule has 1 N–H and O–H groups in total. The van der Waals surface area contributed by atoms with Crippen molar-refractivity contribution >= 4 is 0 Å². The molecule has 0 amide bonds. The van der Waals surface area contributed by atoms with Crippen molar-refractivity contribution in [3.8, 4) is 11.1 Å². The van der Waals surface area contributed by atoms with Crippen molar-refractivity contribution in [2.75, 3.05) is 0 Å². The number of aliphatic hydroxyl groups is 1. The van der Waals surface area contributed by atoms with Crippen LogP contribution in [0.3, 0.4) is 0 Å². The first kappa shape index (κ1) is 28.3. The smallest absolute Gasteiger partial charge is 0.135 e. The second kappa shape index (κ2) is 11.4. The molecule has 0 saturated heterocycles. The molecule has 1 unspecified atom stereocenters. The lowest BCUT2D eigenvalue weighted by molar-refractivity contribution is 0.0278. The number of imidazole rings is 1. The number of halogens is 2. The first-order valence-electron chi connectivity index (χ1n) is 14.3. The van der Waals surface area contributed by atoms with Gasteiger partial charge in [0.15, 0.2) is 0 Å². The maximum atomic E-state index is 14.7. The number of rotatable bonds is 8. The van der Waals surface area contributed by atoms with Crippen LogP contribution in [0.4, 0.5) is 8.78 Å². The third kappa shape index (κ3) is 4.86. The van der Waals surface area contributed by atoms with Crippen molar-refractivity contribution in [2.45, 2.75) is 25.0 Å². The average Bonchev–Trinajstić information content (AvgIpc) is 3.54. The predicted octanol–water partition coefficient (Wildman–Crippen LogP) is 8.56. The Balaban J connectivity index is 1.56. The standard InChI is InChI=1S/C38H32F2N2O/c1-27(2)38(43,32-20-12-13-28(23-32)34-22-21-33(39)24-35(34)40)36-25-42(26-41-36)37(29-14-6-3-7-15-29,30-16-8-4-9-17-30)31-18-10-5-11-19-31/h3-27,43H,1-2H3. The minimum absolute atomic E-state index is 0.260. The monoisotopic (exact) mass is 570 g/mol. The van der Waals surface area contributed by atoms with E-state index in [9.17, 15) is 13.9 Å². The molecule has 0 radical (unpaired) electrons. The summed E-state index contributed by atoms with van der Waals surface area (Å²) in [5, 5.41) is 12.5. The molecule has 6 rings (SSSR count). The van der Waals surface area contributed by atoms with Crippen LogP contribution in [-0.4, -0.2) is 14.7 Å². The lowest BCUT2D eigenvalue weighted by Gasteiger charge is -2.37. The summed E-state index contributed by atoms with van der Waals surface area (Å²) >= 11 is 0. The van der Waals surface area contributed by atoms with E-state index in [2.05, 4.69) is 41.0 Å². The summed E-state index contributed by atoms with van der Waals surface area (Å²) < 4.78 is 30.4. The fourth-order valence-corrected chi connectivity index (χ4v) is 6.11. The highest BCUT2D eigenvalue weighted by atomic mass is 19.1. The Bertz CT molecular complexity index is 1740. The average molecular weight is 571 g/mol. The second-order valence-corrected chi connectivity index (χ2v) is 11.1. The highest BCUT2D eigenvalue weighted by Gasteiger charge is 2.42. The van der Waals surface area contributed by atoms with Crippen molar-refractivity contribution in [3.05, 3.63) is 186 Å². The molecule has 0 aliphatic carbocycles. The summed E-state index contributed by atoms with van der Waals surface area (Å²) in [7, 11) is 0. The van der Waals surface area contributed by atoms with Crippen LogP contribution in [0.2, 0.25) is 0 Å². The van der Waals surface area contributed by atoms with Gasteiger partial charge in [-0.05, 0) is 51.9 Å². The second-order valence-electron chi connectivity index (χ2n) is 11.1. The summed E-state index contributed by atoms with van der Waals surface area (Å²) in [5.74, 6) is -1.59. The van der Waals surface area contributed by atoms with E-state index in [1.807, 2.05) is 80.7 Å². The molecule has 0 bridgehead atoms. The molecule has 1 aromatic heterocycles. The summed E-state index contributed by atoms with van der Waals surface area (Å²) in [4.78, 5) is 4.85. The van der Waals surface area contributed by atoms with Crippen LogP contribution in [0.25, 0.3) is 11.1 Å². The molecule has 1 heterocycles. The minimum Gasteiger partial charge on any atom is -0.378 e. The molecule has 5 heteroatoms. The molecule has 0 spiro atoms. The molecule has 0 fully saturated rings. The summed E-state index contributed by atoms with van der Waals surface area (Å²) in [6, 6.07) is 41.4. The molecule has 214 valence electrons. The van der Waals surface area contributed by atoms with E-state index in [1.54, 1.807) is 24.5 Å². The molecular formula is C38H32F2N2O. The lowest BCUT2D eigenvalue weighted by Crippen LogP contribution is -2.37. The van der Waals surface area contributed by atoms with Gasteiger partial charge in [0, 0.05) is 17.8 Å². The number of aromatic nitrogens is 2. The van der Waals surface area contributed by atoms with Gasteiger partial charge in [0.25, 0.3) is 0 Å². The number of hydrogen-bond acceptors (Lipinski definition) is 2. The summed E-state index contributed by atoms with van der Waals surface area (Å²) in [5.41, 5.74) is 2.66. The summed E-state index contributed by atoms with van der Waals surface area (Å²) in [6.07, 6.45) is 3.69. The van der Waals surface area contributed by atoms with Gasteiger partial charge in [-0.25, -0.2) is 13.8 Å². The zero-order valence-corrected chi connectivity index (χ0v) is 24.0. The molecular weight excluding hydrogens is 538 g/mol. The highest BCUT2D eigenvalue weighted by molar-refractivity contribution is 5.65. The normalized spacial score (nSPS) is 13.2. The molecule has 43 heavy (non-hydrogen) atoms. The molecule has 1 atom stereocenters. The molecule has 0 aliphatic heterocycles. The van der Waals surface area contributed by atoms with Crippen molar-refractivity contribution in [3.63, 3.8) is 0 Å². The van der Waals surface area contributed by atoms with Crippen molar-refractivity contribution in [2.24, 2.45) is 5.92 Å². The van der Waals surface area contributed by atoms with E-state index >= 15 is 0 Å². The third-order valence-electron chi connectivity index (χ3n) is 8.32. The van der Waals surface area contributed by atoms with Gasteiger partial charge >= 0.3 is 0 Å². The van der Waals surface area contributed by atoms with Crippen LogP contribution in [-0.2, 0) is 11.1 Å². The van der Waals surface area contributed by atoms with Crippen LogP contribution in [0.15, 0.2) is 146 Å². The zero-order valence-electron chi connectivity index (χ0n) is 24.0. The van der Waals surface area contributed by atoms with Gasteiger partial charge in [-0.15, -0.1) is 0 Å². The number of hydrogen-bond donors (Lipinski definition) is 1. The molecule has 0 saturated carbocycles. The Morgan fingerprint density at radius 3 is 1.70 bits per heavy atom. The van der Waals surface area contributed by atoms with Crippen LogP contribution in [0.5, 0.6) is 0 Å². The minimum atomic E-state index is -1.51. The van der Waals surface area contributed by atoms with E-state index in [0.717, 1.165) is 22.8 Å². The zero-order chi connectivity index (χ0) is 30.0. The topological polar surface area (TPSA) is 38.0 Å². The van der Waals surface area contributed by atoms with E-state index in [-0.39, 0.29) is 11.5 Å². The van der Waals surface area contributed by atoms with Gasteiger partial charge in [0.05, 0.1) is 12.0 Å². The number of nitrogens with zero attached hydrogens (tertiary/aromatic N) is 2. The first-order chi connectivity index (χ1) is 20.8. The third-order valence-corrected chi connectivity index (χ3v) is 8.32. The van der Waals surface area contributed by atoms with Crippen LogP contribution >= 0.6 is 0 Å². The quantitative estimate of drug-likeness (QED) is 0.186. The Morgan fingerprint density at radius 1 is 0.651 bits per heavy atom. The van der Waals surface area contributed by atoms with Gasteiger partial charge in [-0.3, -0.25) is 0 Å². The molecule has 3 nitrogen and oxygen atoms in total. The fourth-order valence-electron chi connectivity index (χ4n) is 6.11. The van der Waals surface area contributed by atoms with Crippen molar-refractivity contribution < 1.29 is 13.9 Å². The lowest BCUT2D eigenvalue weighted by atomic mass is 9.76. The molecule has 5 aromatic carbocycles.